The largest absolute Gasteiger partial charge is 0.296 e. The van der Waals surface area contributed by atoms with Crippen molar-refractivity contribution in [1.29, 1.82) is 0 Å². The summed E-state index contributed by atoms with van der Waals surface area (Å²) in [6.45, 7) is 0. The third kappa shape index (κ3) is 3.67. The van der Waals surface area contributed by atoms with Crippen molar-refractivity contribution < 1.29 is 0 Å². The van der Waals surface area contributed by atoms with E-state index in [4.69, 9.17) is 47.1 Å². The lowest BCUT2D eigenvalue weighted by Crippen LogP contribution is -1.99. The van der Waals surface area contributed by atoms with E-state index in [-0.39, 0.29) is 0 Å². The third-order valence-electron chi connectivity index (χ3n) is 2.65. The lowest BCUT2D eigenvalue weighted by atomic mass is 10.2. The second-order valence-corrected chi connectivity index (χ2v) is 5.71. The first-order valence-electron chi connectivity index (χ1n) is 5.65. The average Bonchev–Trinajstić information content (AvgIpc) is 2.54. The predicted octanol–water partition coefficient (Wildman–Crippen LogP) is 6.10. The maximum absolute atomic E-state index is 5.82. The van der Waals surface area contributed by atoms with Crippen LogP contribution in [-0.2, 0) is 0 Å². The minimum atomic E-state index is 0.474. The molecule has 0 heterocycles. The molecule has 0 saturated carbocycles. The Balaban J connectivity index is 2.54. The van der Waals surface area contributed by atoms with Crippen LogP contribution >= 0.6 is 58.9 Å². The minimum Gasteiger partial charge on any atom is -0.296 e. The molecule has 0 aliphatic heterocycles. The van der Waals surface area contributed by atoms with Crippen molar-refractivity contribution in [2.75, 3.05) is 19.3 Å². The van der Waals surface area contributed by atoms with E-state index in [1.807, 2.05) is 30.3 Å². The number of hydrogen-bond acceptors (Lipinski definition) is 5. The van der Waals surface area contributed by atoms with Gasteiger partial charge in [0.1, 0.15) is 11.4 Å². The monoisotopic (exact) mass is 382 g/mol. The van der Waals surface area contributed by atoms with Gasteiger partial charge in [-0.3, -0.25) is 19.3 Å². The maximum atomic E-state index is 5.82. The van der Waals surface area contributed by atoms with Gasteiger partial charge in [0.05, 0.1) is 11.4 Å². The van der Waals surface area contributed by atoms with Crippen molar-refractivity contribution >= 4 is 81.6 Å². The van der Waals surface area contributed by atoms with Crippen molar-refractivity contribution in [3.63, 3.8) is 0 Å². The van der Waals surface area contributed by atoms with E-state index in [9.17, 15) is 0 Å². The molecule has 0 aromatic heterocycles. The summed E-state index contributed by atoms with van der Waals surface area (Å²) in [5, 5.41) is 0. The number of hydrogen-bond donors (Lipinski definition) is 4. The van der Waals surface area contributed by atoms with Gasteiger partial charge >= 0.3 is 0 Å². The van der Waals surface area contributed by atoms with E-state index in [1.165, 1.54) is 11.8 Å². The number of nitrogens with one attached hydrogen (secondary N) is 4. The number of halogens is 4. The van der Waals surface area contributed by atoms with E-state index in [2.05, 4.69) is 19.3 Å². The highest BCUT2D eigenvalue weighted by Gasteiger charge is 2.18. The summed E-state index contributed by atoms with van der Waals surface area (Å²) in [7, 11) is 0. The van der Waals surface area contributed by atoms with E-state index >= 15 is 0 Å². The summed E-state index contributed by atoms with van der Waals surface area (Å²) < 4.78 is 0. The first-order chi connectivity index (χ1) is 10.2. The van der Waals surface area contributed by atoms with Crippen molar-refractivity contribution in [1.82, 2.24) is 0 Å². The molecular formula is C12H10Cl4N4S. The number of anilines is 4. The molecule has 4 nitrogen and oxygen atoms in total. The SMILES string of the molecule is ClNc1cc(Sc2ccccc2)c(NCl)c(NCl)c1NCl. The highest BCUT2D eigenvalue weighted by atomic mass is 35.5. The molecule has 0 unspecified atom stereocenters. The van der Waals surface area contributed by atoms with Gasteiger partial charge in [0.15, 0.2) is 0 Å². The molecule has 0 atom stereocenters. The highest BCUT2D eigenvalue weighted by Crippen LogP contribution is 2.47. The van der Waals surface area contributed by atoms with E-state index < -0.39 is 0 Å². The molecule has 0 aliphatic carbocycles. The molecule has 0 bridgehead atoms. The Hall–Kier alpha value is -0.850. The summed E-state index contributed by atoms with van der Waals surface area (Å²) in [5.74, 6) is 0. The Morgan fingerprint density at radius 3 is 1.86 bits per heavy atom. The van der Waals surface area contributed by atoms with Crippen molar-refractivity contribution in [3.8, 4) is 0 Å². The van der Waals surface area contributed by atoms with Gasteiger partial charge in [-0.2, -0.15) is 0 Å². The highest BCUT2D eigenvalue weighted by molar-refractivity contribution is 7.99. The molecule has 21 heavy (non-hydrogen) atoms. The third-order valence-corrected chi connectivity index (χ3v) is 4.47. The summed E-state index contributed by atoms with van der Waals surface area (Å²) in [5.41, 5.74) is 2.09. The Morgan fingerprint density at radius 2 is 1.33 bits per heavy atom. The Morgan fingerprint density at radius 1 is 0.714 bits per heavy atom. The van der Waals surface area contributed by atoms with Crippen LogP contribution < -0.4 is 19.3 Å². The normalized spacial score (nSPS) is 10.1. The summed E-state index contributed by atoms with van der Waals surface area (Å²) in [6.07, 6.45) is 0. The maximum Gasteiger partial charge on any atom is 0.101 e. The smallest absolute Gasteiger partial charge is 0.101 e. The van der Waals surface area contributed by atoms with Gasteiger partial charge in [-0.25, -0.2) is 0 Å². The molecule has 2 rings (SSSR count). The standard InChI is InChI=1S/C12H10Cl4N4S/c13-17-8-6-9(21-7-4-2-1-3-5-7)11(19-15)12(20-16)10(8)18-14/h1-6,17-20H. The summed E-state index contributed by atoms with van der Waals surface area (Å²) >= 11 is 24.5. The zero-order chi connectivity index (χ0) is 15.2. The molecular weight excluding hydrogens is 374 g/mol. The molecule has 112 valence electrons. The topological polar surface area (TPSA) is 48.1 Å². The molecule has 0 saturated heterocycles. The zero-order valence-corrected chi connectivity index (χ0v) is 14.2. The second kappa shape index (κ2) is 7.96. The lowest BCUT2D eigenvalue weighted by Gasteiger charge is -2.18. The molecule has 0 radical (unpaired) electrons. The van der Waals surface area contributed by atoms with Crippen LogP contribution in [0.3, 0.4) is 0 Å². The Kier molecular flexibility index (Phi) is 6.26. The van der Waals surface area contributed by atoms with Gasteiger partial charge in [-0.1, -0.05) is 30.0 Å². The van der Waals surface area contributed by atoms with E-state index in [1.54, 1.807) is 6.07 Å². The fourth-order valence-corrected chi connectivity index (χ4v) is 3.48. The molecule has 0 amide bonds. The van der Waals surface area contributed by atoms with Crippen LogP contribution in [0.15, 0.2) is 46.2 Å². The van der Waals surface area contributed by atoms with Crippen molar-refractivity contribution in [2.45, 2.75) is 9.79 Å². The molecule has 2 aromatic carbocycles. The zero-order valence-electron chi connectivity index (χ0n) is 10.4. The molecule has 9 heteroatoms. The van der Waals surface area contributed by atoms with Gasteiger partial charge < -0.3 is 0 Å². The van der Waals surface area contributed by atoms with Crippen LogP contribution in [0.2, 0.25) is 0 Å². The molecule has 2 aromatic rings. The molecule has 4 N–H and O–H groups in total. The van der Waals surface area contributed by atoms with Crippen LogP contribution in [-0.4, -0.2) is 0 Å². The summed E-state index contributed by atoms with van der Waals surface area (Å²) in [4.78, 5) is 12.0. The Bertz CT molecular complexity index is 612. The lowest BCUT2D eigenvalue weighted by molar-refractivity contribution is 1.41. The van der Waals surface area contributed by atoms with Crippen LogP contribution in [0.1, 0.15) is 0 Å². The minimum absolute atomic E-state index is 0.474. The van der Waals surface area contributed by atoms with Crippen LogP contribution in [0.5, 0.6) is 0 Å². The van der Waals surface area contributed by atoms with E-state index in [0.717, 1.165) is 9.79 Å². The fourth-order valence-electron chi connectivity index (χ4n) is 1.72. The van der Waals surface area contributed by atoms with Gasteiger partial charge in [-0.15, -0.1) is 0 Å². The van der Waals surface area contributed by atoms with Gasteiger partial charge in [0.25, 0.3) is 0 Å². The summed E-state index contributed by atoms with van der Waals surface area (Å²) in [6, 6.07) is 11.6. The van der Waals surface area contributed by atoms with Crippen LogP contribution in [0, 0.1) is 0 Å². The number of benzene rings is 2. The molecule has 0 fully saturated rings. The van der Waals surface area contributed by atoms with Gasteiger partial charge in [0.2, 0.25) is 0 Å². The second-order valence-electron chi connectivity index (χ2n) is 3.84. The van der Waals surface area contributed by atoms with Crippen LogP contribution in [0.25, 0.3) is 0 Å². The average molecular weight is 384 g/mol. The quantitative estimate of drug-likeness (QED) is 0.454. The first-order valence-corrected chi connectivity index (χ1v) is 7.98. The molecule has 0 aliphatic rings. The van der Waals surface area contributed by atoms with Crippen molar-refractivity contribution in [3.05, 3.63) is 36.4 Å². The first kappa shape index (κ1) is 16.5. The fraction of sp³-hybridized carbons (Fsp3) is 0. The van der Waals surface area contributed by atoms with E-state index in [0.29, 0.717) is 22.7 Å². The van der Waals surface area contributed by atoms with Crippen molar-refractivity contribution in [2.24, 2.45) is 0 Å². The van der Waals surface area contributed by atoms with Gasteiger partial charge in [-0.05, 0) is 18.2 Å². The predicted molar refractivity (Wildman–Crippen MR) is 94.9 cm³/mol. The molecule has 0 spiro atoms. The Labute approximate surface area is 146 Å². The van der Waals surface area contributed by atoms with Gasteiger partial charge in [0, 0.05) is 56.9 Å². The van der Waals surface area contributed by atoms with Crippen LogP contribution in [0.4, 0.5) is 22.7 Å². The number of rotatable bonds is 6.